The fourth-order valence-corrected chi connectivity index (χ4v) is 6.12. The molecule has 0 aromatic carbocycles. The minimum atomic E-state index is -0.780. The topological polar surface area (TPSA) is 145 Å². The van der Waals surface area contributed by atoms with Crippen molar-refractivity contribution in [3.8, 4) is 0 Å². The number of hydrogen-bond acceptors (Lipinski definition) is 7. The lowest BCUT2D eigenvalue weighted by molar-refractivity contribution is -0.386. The Kier molecular flexibility index (Phi) is 5.44. The van der Waals surface area contributed by atoms with Gasteiger partial charge < -0.3 is 10.1 Å². The van der Waals surface area contributed by atoms with Crippen molar-refractivity contribution in [1.82, 2.24) is 20.4 Å². The van der Waals surface area contributed by atoms with Crippen molar-refractivity contribution in [2.45, 2.75) is 64.5 Å². The molecular weight excluding hydrogens is 406 g/mol. The van der Waals surface area contributed by atoms with E-state index in [9.17, 15) is 24.5 Å². The zero-order valence-corrected chi connectivity index (χ0v) is 17.7. The number of aryl methyl sites for hydroxylation is 1. The standard InChI is InChI=1S/C20H27N5O6/c1-11-18(25(29)30)12(2)24(23-11)9-17(27)31-10-16(26)21-19(28)22-20-6-13-3-14(7-20)5-15(4-13)8-20/h13-15H,3-10H2,1-2H3,(H2,21,22,26,28). The largest absolute Gasteiger partial charge is 0.454 e. The minimum Gasteiger partial charge on any atom is -0.454 e. The van der Waals surface area contributed by atoms with E-state index in [1.54, 1.807) is 0 Å². The van der Waals surface area contributed by atoms with Crippen LogP contribution in [0, 0.1) is 41.7 Å². The summed E-state index contributed by atoms with van der Waals surface area (Å²) in [6.07, 6.45) is 6.63. The van der Waals surface area contributed by atoms with E-state index in [0.717, 1.165) is 23.9 Å². The van der Waals surface area contributed by atoms with Gasteiger partial charge in [0.25, 0.3) is 5.91 Å². The van der Waals surface area contributed by atoms with Crippen LogP contribution in [0.1, 0.15) is 49.9 Å². The van der Waals surface area contributed by atoms with Crippen LogP contribution in [0.5, 0.6) is 0 Å². The van der Waals surface area contributed by atoms with Crippen LogP contribution in [0.3, 0.4) is 0 Å². The van der Waals surface area contributed by atoms with Crippen LogP contribution in [0.2, 0.25) is 0 Å². The highest BCUT2D eigenvalue weighted by atomic mass is 16.6. The highest BCUT2D eigenvalue weighted by Crippen LogP contribution is 2.55. The monoisotopic (exact) mass is 433 g/mol. The molecule has 0 aliphatic heterocycles. The third kappa shape index (κ3) is 4.40. The van der Waals surface area contributed by atoms with E-state index in [0.29, 0.717) is 17.8 Å². The summed E-state index contributed by atoms with van der Waals surface area (Å²) in [5.41, 5.74) is 0.0279. The maximum absolute atomic E-state index is 12.4. The summed E-state index contributed by atoms with van der Waals surface area (Å²) in [7, 11) is 0. The number of nitrogens with one attached hydrogen (secondary N) is 2. The van der Waals surface area contributed by atoms with Crippen molar-refractivity contribution in [2.75, 3.05) is 6.61 Å². The number of amides is 3. The van der Waals surface area contributed by atoms with Crippen LogP contribution in [0.15, 0.2) is 0 Å². The molecule has 4 bridgehead atoms. The molecule has 168 valence electrons. The van der Waals surface area contributed by atoms with Gasteiger partial charge in [-0.05, 0) is 70.1 Å². The van der Waals surface area contributed by atoms with E-state index in [-0.39, 0.29) is 29.2 Å². The Bertz CT molecular complexity index is 903. The predicted octanol–water partition coefficient (Wildman–Crippen LogP) is 1.75. The molecule has 4 saturated carbocycles. The van der Waals surface area contributed by atoms with Gasteiger partial charge in [-0.2, -0.15) is 5.10 Å². The SMILES string of the molecule is Cc1nn(CC(=O)OCC(=O)NC(=O)NC23CC4CC(CC(C4)C2)C3)c(C)c1[N+](=O)[O-]. The van der Waals surface area contributed by atoms with Crippen LogP contribution >= 0.6 is 0 Å². The first-order valence-corrected chi connectivity index (χ1v) is 10.6. The summed E-state index contributed by atoms with van der Waals surface area (Å²) in [6.45, 7) is 1.97. The number of hydrogen-bond donors (Lipinski definition) is 2. The first-order chi connectivity index (χ1) is 14.6. The number of esters is 1. The molecule has 5 rings (SSSR count). The third-order valence-electron chi connectivity index (χ3n) is 6.84. The lowest BCUT2D eigenvalue weighted by Crippen LogP contribution is -2.62. The molecule has 1 aromatic heterocycles. The Morgan fingerprint density at radius 1 is 1.16 bits per heavy atom. The first kappa shape index (κ1) is 21.3. The molecule has 4 aliphatic carbocycles. The Morgan fingerprint density at radius 2 is 1.74 bits per heavy atom. The molecule has 0 spiro atoms. The summed E-state index contributed by atoms with van der Waals surface area (Å²) in [5.74, 6) is 0.474. The van der Waals surface area contributed by atoms with Crippen LogP contribution < -0.4 is 10.6 Å². The second-order valence-electron chi connectivity index (χ2n) is 9.30. The predicted molar refractivity (Wildman–Crippen MR) is 107 cm³/mol. The Balaban J connectivity index is 1.24. The molecule has 11 heteroatoms. The zero-order valence-electron chi connectivity index (χ0n) is 17.7. The fourth-order valence-electron chi connectivity index (χ4n) is 6.12. The van der Waals surface area contributed by atoms with Crippen molar-refractivity contribution in [3.63, 3.8) is 0 Å². The Hall–Kier alpha value is -2.98. The lowest BCUT2D eigenvalue weighted by Gasteiger charge is -2.56. The van der Waals surface area contributed by atoms with Gasteiger partial charge in [0.15, 0.2) is 6.61 Å². The number of aromatic nitrogens is 2. The summed E-state index contributed by atoms with van der Waals surface area (Å²) in [4.78, 5) is 46.9. The Labute approximate surface area is 179 Å². The highest BCUT2D eigenvalue weighted by Gasteiger charge is 2.51. The number of nitrogens with zero attached hydrogens (tertiary/aromatic N) is 3. The average molecular weight is 433 g/mol. The molecule has 0 saturated heterocycles. The number of carbonyl (C=O) groups is 3. The van der Waals surface area contributed by atoms with Gasteiger partial charge in [0.1, 0.15) is 17.9 Å². The van der Waals surface area contributed by atoms with Gasteiger partial charge >= 0.3 is 17.7 Å². The maximum atomic E-state index is 12.4. The van der Waals surface area contributed by atoms with Gasteiger partial charge in [0.05, 0.1) is 4.92 Å². The van der Waals surface area contributed by atoms with Crippen molar-refractivity contribution < 1.29 is 24.0 Å². The number of imide groups is 1. The van der Waals surface area contributed by atoms with Crippen LogP contribution in [-0.4, -0.2) is 44.8 Å². The molecule has 4 fully saturated rings. The van der Waals surface area contributed by atoms with Crippen LogP contribution in [0.25, 0.3) is 0 Å². The van der Waals surface area contributed by atoms with E-state index >= 15 is 0 Å². The molecule has 11 nitrogen and oxygen atoms in total. The molecule has 4 aliphatic rings. The van der Waals surface area contributed by atoms with Crippen LogP contribution in [-0.2, 0) is 20.9 Å². The molecule has 31 heavy (non-hydrogen) atoms. The maximum Gasteiger partial charge on any atom is 0.328 e. The van der Waals surface area contributed by atoms with Crippen molar-refractivity contribution >= 4 is 23.6 Å². The number of carbonyl (C=O) groups excluding carboxylic acids is 3. The smallest absolute Gasteiger partial charge is 0.328 e. The van der Waals surface area contributed by atoms with Crippen LogP contribution in [0.4, 0.5) is 10.5 Å². The Morgan fingerprint density at radius 3 is 2.26 bits per heavy atom. The van der Waals surface area contributed by atoms with Crippen molar-refractivity contribution in [2.24, 2.45) is 17.8 Å². The lowest BCUT2D eigenvalue weighted by atomic mass is 9.53. The summed E-state index contributed by atoms with van der Waals surface area (Å²) in [5, 5.41) is 20.2. The second kappa shape index (κ2) is 7.93. The molecule has 3 amide bonds. The third-order valence-corrected chi connectivity index (χ3v) is 6.84. The molecule has 1 aromatic rings. The summed E-state index contributed by atoms with van der Waals surface area (Å²) < 4.78 is 6.07. The van der Waals surface area contributed by atoms with Gasteiger partial charge in [0.2, 0.25) is 0 Å². The van der Waals surface area contributed by atoms with E-state index in [2.05, 4.69) is 15.7 Å². The first-order valence-electron chi connectivity index (χ1n) is 10.6. The molecule has 0 unspecified atom stereocenters. The van der Waals surface area contributed by atoms with Gasteiger partial charge in [-0.25, -0.2) is 4.79 Å². The minimum absolute atomic E-state index is 0.160. The number of ether oxygens (including phenoxy) is 1. The quantitative estimate of drug-likeness (QED) is 0.395. The normalized spacial score (nSPS) is 28.3. The van der Waals surface area contributed by atoms with Crippen molar-refractivity contribution in [1.29, 1.82) is 0 Å². The number of rotatable bonds is 6. The molecule has 2 N–H and O–H groups in total. The van der Waals surface area contributed by atoms with E-state index in [1.165, 1.54) is 33.1 Å². The highest BCUT2D eigenvalue weighted by molar-refractivity contribution is 5.95. The fraction of sp³-hybridized carbons (Fsp3) is 0.700. The number of nitro groups is 1. The average Bonchev–Trinajstić information content (AvgIpc) is 2.91. The van der Waals surface area contributed by atoms with Gasteiger partial charge in [0, 0.05) is 5.54 Å². The van der Waals surface area contributed by atoms with E-state index in [4.69, 9.17) is 4.74 Å². The molecule has 0 radical (unpaired) electrons. The second-order valence-corrected chi connectivity index (χ2v) is 9.30. The van der Waals surface area contributed by atoms with E-state index in [1.807, 2.05) is 0 Å². The summed E-state index contributed by atoms with van der Waals surface area (Å²) in [6, 6.07) is -0.558. The zero-order chi connectivity index (χ0) is 22.3. The molecule has 0 atom stereocenters. The number of urea groups is 1. The summed E-state index contributed by atoms with van der Waals surface area (Å²) >= 11 is 0. The molecular formula is C20H27N5O6. The van der Waals surface area contributed by atoms with Gasteiger partial charge in [-0.3, -0.25) is 29.7 Å². The van der Waals surface area contributed by atoms with Gasteiger partial charge in [-0.1, -0.05) is 0 Å². The van der Waals surface area contributed by atoms with Crippen molar-refractivity contribution in [3.05, 3.63) is 21.5 Å². The molecule has 1 heterocycles. The van der Waals surface area contributed by atoms with E-state index < -0.39 is 29.4 Å². The van der Waals surface area contributed by atoms with Gasteiger partial charge in [-0.15, -0.1) is 0 Å².